The average Bonchev–Trinajstić information content (AvgIpc) is 2.20. The molecule has 2 aliphatic rings. The van der Waals surface area contributed by atoms with E-state index in [1.54, 1.807) is 0 Å². The fraction of sp³-hybridized carbons (Fsp3) is 1.00. The lowest BCUT2D eigenvalue weighted by Gasteiger charge is -2.35. The van der Waals surface area contributed by atoms with Crippen LogP contribution in [0.2, 0.25) is 0 Å². The highest BCUT2D eigenvalue weighted by Crippen LogP contribution is 2.36. The molecule has 2 atom stereocenters. The summed E-state index contributed by atoms with van der Waals surface area (Å²) in [7, 11) is 0. The van der Waals surface area contributed by atoms with Crippen molar-refractivity contribution in [2.45, 2.75) is 63.8 Å². The van der Waals surface area contributed by atoms with Crippen LogP contribution in [0.3, 0.4) is 0 Å². The molecule has 0 saturated heterocycles. The van der Waals surface area contributed by atoms with Crippen LogP contribution in [0.5, 0.6) is 0 Å². The molecule has 0 bridgehead atoms. The van der Waals surface area contributed by atoms with E-state index in [9.17, 15) is 0 Å². The fourth-order valence-corrected chi connectivity index (χ4v) is 3.42. The van der Waals surface area contributed by atoms with E-state index >= 15 is 0 Å². The lowest BCUT2D eigenvalue weighted by Crippen LogP contribution is -2.66. The highest BCUT2D eigenvalue weighted by molar-refractivity contribution is 4.81. The van der Waals surface area contributed by atoms with Gasteiger partial charge in [0, 0.05) is 5.92 Å². The maximum atomic E-state index is 4.35. The predicted molar refractivity (Wildman–Crippen MR) is 55.2 cm³/mol. The van der Waals surface area contributed by atoms with Crippen LogP contribution in [-0.2, 0) is 0 Å². The van der Waals surface area contributed by atoms with Gasteiger partial charge in [-0.1, -0.05) is 25.7 Å². The standard InChI is InChI=1S/C12H23N/c13-12-9-5-4-8-11(12)10-6-2-1-3-7-10/h10-12H,1-9,13H2/p+1/t11-,12+/m1/s1. The SMILES string of the molecule is [NH3+][C@H]1CCCC[C@@H]1C1CCCCC1. The van der Waals surface area contributed by atoms with E-state index in [1.165, 1.54) is 57.8 Å². The molecule has 2 fully saturated rings. The van der Waals surface area contributed by atoms with Crippen LogP contribution >= 0.6 is 0 Å². The second kappa shape index (κ2) is 4.45. The van der Waals surface area contributed by atoms with Crippen molar-refractivity contribution in [2.24, 2.45) is 11.8 Å². The molecule has 13 heavy (non-hydrogen) atoms. The van der Waals surface area contributed by atoms with Crippen LogP contribution in [0.25, 0.3) is 0 Å². The van der Waals surface area contributed by atoms with Gasteiger partial charge in [-0.15, -0.1) is 0 Å². The molecule has 0 spiro atoms. The van der Waals surface area contributed by atoms with E-state index in [-0.39, 0.29) is 0 Å². The molecule has 0 aromatic heterocycles. The summed E-state index contributed by atoms with van der Waals surface area (Å²) in [5, 5.41) is 0. The van der Waals surface area contributed by atoms with Gasteiger partial charge in [-0.3, -0.25) is 0 Å². The Balaban J connectivity index is 1.88. The first-order valence-electron chi connectivity index (χ1n) is 6.21. The van der Waals surface area contributed by atoms with E-state index in [4.69, 9.17) is 0 Å². The molecule has 1 heteroatoms. The van der Waals surface area contributed by atoms with Crippen molar-refractivity contribution in [2.75, 3.05) is 0 Å². The Morgan fingerprint density at radius 1 is 0.692 bits per heavy atom. The molecule has 2 saturated carbocycles. The number of quaternary nitrogens is 1. The third-order valence-electron chi connectivity index (χ3n) is 4.22. The van der Waals surface area contributed by atoms with Crippen LogP contribution in [0.1, 0.15) is 57.8 Å². The molecular weight excluding hydrogens is 158 g/mol. The highest BCUT2D eigenvalue weighted by atomic mass is 14.7. The maximum Gasteiger partial charge on any atom is 0.0874 e. The van der Waals surface area contributed by atoms with Crippen LogP contribution in [-0.4, -0.2) is 6.04 Å². The van der Waals surface area contributed by atoms with Gasteiger partial charge in [0.25, 0.3) is 0 Å². The normalized spacial score (nSPS) is 37.6. The quantitative estimate of drug-likeness (QED) is 0.645. The number of rotatable bonds is 1. The smallest absolute Gasteiger partial charge is 0.0874 e. The Bertz CT molecular complexity index is 149. The van der Waals surface area contributed by atoms with E-state index < -0.39 is 0 Å². The zero-order valence-corrected chi connectivity index (χ0v) is 8.80. The van der Waals surface area contributed by atoms with Crippen molar-refractivity contribution < 1.29 is 5.73 Å². The first-order chi connectivity index (χ1) is 6.38. The second-order valence-electron chi connectivity index (χ2n) is 5.11. The van der Waals surface area contributed by atoms with Crippen molar-refractivity contribution in [1.29, 1.82) is 0 Å². The van der Waals surface area contributed by atoms with Gasteiger partial charge < -0.3 is 5.73 Å². The Labute approximate surface area is 82.1 Å². The lowest BCUT2D eigenvalue weighted by atomic mass is 9.71. The average molecular weight is 182 g/mol. The molecule has 3 N–H and O–H groups in total. The summed E-state index contributed by atoms with van der Waals surface area (Å²) in [5.41, 5.74) is 4.35. The third-order valence-corrected chi connectivity index (χ3v) is 4.22. The van der Waals surface area contributed by atoms with Crippen molar-refractivity contribution in [3.05, 3.63) is 0 Å². The minimum absolute atomic E-state index is 0.789. The molecule has 0 aliphatic heterocycles. The van der Waals surface area contributed by atoms with Gasteiger partial charge in [0.05, 0.1) is 6.04 Å². The van der Waals surface area contributed by atoms with Gasteiger partial charge in [0.2, 0.25) is 0 Å². The van der Waals surface area contributed by atoms with Gasteiger partial charge in [-0.25, -0.2) is 0 Å². The summed E-state index contributed by atoms with van der Waals surface area (Å²) >= 11 is 0. The number of hydrogen-bond acceptors (Lipinski definition) is 0. The number of hydrogen-bond donors (Lipinski definition) is 1. The molecule has 2 aliphatic carbocycles. The molecule has 76 valence electrons. The Hall–Kier alpha value is -0.0400. The molecule has 0 aromatic rings. The molecule has 0 radical (unpaired) electrons. The highest BCUT2D eigenvalue weighted by Gasteiger charge is 2.32. The van der Waals surface area contributed by atoms with E-state index in [2.05, 4.69) is 5.73 Å². The molecule has 0 heterocycles. The zero-order chi connectivity index (χ0) is 9.10. The van der Waals surface area contributed by atoms with Gasteiger partial charge >= 0.3 is 0 Å². The first kappa shape index (κ1) is 9.51. The van der Waals surface area contributed by atoms with E-state index in [0.29, 0.717) is 0 Å². The zero-order valence-electron chi connectivity index (χ0n) is 8.80. The largest absolute Gasteiger partial charge is 0.355 e. The second-order valence-corrected chi connectivity index (χ2v) is 5.11. The summed E-state index contributed by atoms with van der Waals surface area (Å²) in [6.07, 6.45) is 13.3. The van der Waals surface area contributed by atoms with Gasteiger partial charge in [-0.2, -0.15) is 0 Å². The third kappa shape index (κ3) is 2.25. The maximum absolute atomic E-state index is 4.35. The van der Waals surface area contributed by atoms with Crippen LogP contribution < -0.4 is 5.73 Å². The summed E-state index contributed by atoms with van der Waals surface area (Å²) in [6.45, 7) is 0. The van der Waals surface area contributed by atoms with Crippen molar-refractivity contribution in [1.82, 2.24) is 0 Å². The van der Waals surface area contributed by atoms with Crippen molar-refractivity contribution in [3.63, 3.8) is 0 Å². The Morgan fingerprint density at radius 2 is 1.31 bits per heavy atom. The molecule has 0 unspecified atom stereocenters. The molecular formula is C12H24N+. The Kier molecular flexibility index (Phi) is 3.26. The summed E-state index contributed by atoms with van der Waals surface area (Å²) in [5.74, 6) is 2.05. The molecule has 0 amide bonds. The van der Waals surface area contributed by atoms with Crippen molar-refractivity contribution >= 4 is 0 Å². The monoisotopic (exact) mass is 182 g/mol. The summed E-state index contributed by atoms with van der Waals surface area (Å²) < 4.78 is 0. The first-order valence-corrected chi connectivity index (χ1v) is 6.21. The topological polar surface area (TPSA) is 27.6 Å². The fourth-order valence-electron chi connectivity index (χ4n) is 3.42. The Morgan fingerprint density at radius 3 is 2.00 bits per heavy atom. The van der Waals surface area contributed by atoms with E-state index in [1.807, 2.05) is 0 Å². The van der Waals surface area contributed by atoms with Gasteiger partial charge in [-0.05, 0) is 38.0 Å². The predicted octanol–water partition coefficient (Wildman–Crippen LogP) is 2.37. The molecule has 1 nitrogen and oxygen atoms in total. The van der Waals surface area contributed by atoms with Gasteiger partial charge in [0.1, 0.15) is 0 Å². The van der Waals surface area contributed by atoms with Crippen molar-refractivity contribution in [3.8, 4) is 0 Å². The molecule has 0 aromatic carbocycles. The minimum Gasteiger partial charge on any atom is -0.355 e. The summed E-state index contributed by atoms with van der Waals surface area (Å²) in [6, 6.07) is 0.789. The van der Waals surface area contributed by atoms with Crippen LogP contribution in [0.15, 0.2) is 0 Å². The van der Waals surface area contributed by atoms with Crippen LogP contribution in [0.4, 0.5) is 0 Å². The molecule has 2 rings (SSSR count). The van der Waals surface area contributed by atoms with Crippen LogP contribution in [0, 0.1) is 11.8 Å². The lowest BCUT2D eigenvalue weighted by molar-refractivity contribution is -0.442. The summed E-state index contributed by atoms with van der Waals surface area (Å²) in [4.78, 5) is 0. The minimum atomic E-state index is 0.789. The van der Waals surface area contributed by atoms with Gasteiger partial charge in [0.15, 0.2) is 0 Å². The van der Waals surface area contributed by atoms with E-state index in [0.717, 1.165) is 17.9 Å².